The van der Waals surface area contributed by atoms with Crippen LogP contribution in [0.5, 0.6) is 5.75 Å². The standard InChI is InChI=1S/C23H36N2O3/c26-21-8-14-25(18-21)19-23(9-16-27-17-10-23)20-4-6-22(7-5-20)28-15-3-13-24-11-1-2-12-24/h4-7,21,26H,1-3,8-19H2. The van der Waals surface area contributed by atoms with Crippen molar-refractivity contribution in [3.63, 3.8) is 0 Å². The molecule has 3 aliphatic rings. The summed E-state index contributed by atoms with van der Waals surface area (Å²) in [5, 5.41) is 9.91. The van der Waals surface area contributed by atoms with Gasteiger partial charge in [0.25, 0.3) is 0 Å². The lowest BCUT2D eigenvalue weighted by atomic mass is 9.73. The number of aliphatic hydroxyl groups excluding tert-OH is 1. The zero-order chi connectivity index (χ0) is 19.2. The van der Waals surface area contributed by atoms with Gasteiger partial charge in [-0.3, -0.25) is 4.90 Å². The minimum atomic E-state index is -0.159. The summed E-state index contributed by atoms with van der Waals surface area (Å²) in [6.45, 7) is 8.94. The molecule has 5 heteroatoms. The Bertz CT molecular complexity index is 594. The molecule has 0 amide bonds. The zero-order valence-corrected chi connectivity index (χ0v) is 17.2. The quantitative estimate of drug-likeness (QED) is 0.694. The molecule has 1 atom stereocenters. The van der Waals surface area contributed by atoms with E-state index in [-0.39, 0.29) is 11.5 Å². The summed E-state index contributed by atoms with van der Waals surface area (Å²) in [4.78, 5) is 4.97. The minimum Gasteiger partial charge on any atom is -0.494 e. The highest BCUT2D eigenvalue weighted by Crippen LogP contribution is 2.37. The Morgan fingerprint density at radius 1 is 1.04 bits per heavy atom. The Hall–Kier alpha value is -1.14. The van der Waals surface area contributed by atoms with Gasteiger partial charge in [-0.25, -0.2) is 0 Å². The number of hydrogen-bond acceptors (Lipinski definition) is 5. The summed E-state index contributed by atoms with van der Waals surface area (Å²) in [6.07, 6.45) is 6.65. The SMILES string of the molecule is OC1CCN(CC2(c3ccc(OCCCN4CCCC4)cc3)CCOCC2)C1. The lowest BCUT2D eigenvalue weighted by molar-refractivity contribution is 0.0353. The van der Waals surface area contributed by atoms with E-state index in [4.69, 9.17) is 9.47 Å². The number of benzene rings is 1. The Morgan fingerprint density at radius 3 is 2.46 bits per heavy atom. The second kappa shape index (κ2) is 9.57. The number of nitrogens with zero attached hydrogens (tertiary/aromatic N) is 2. The Balaban J connectivity index is 1.33. The second-order valence-electron chi connectivity index (χ2n) is 8.85. The van der Waals surface area contributed by atoms with Crippen molar-refractivity contribution in [2.75, 3.05) is 59.1 Å². The topological polar surface area (TPSA) is 45.2 Å². The molecule has 1 aromatic carbocycles. The smallest absolute Gasteiger partial charge is 0.119 e. The summed E-state index contributed by atoms with van der Waals surface area (Å²) in [6, 6.07) is 8.80. The number of ether oxygens (including phenoxy) is 2. The molecule has 0 radical (unpaired) electrons. The molecule has 156 valence electrons. The van der Waals surface area contributed by atoms with Crippen LogP contribution in [0.2, 0.25) is 0 Å². The van der Waals surface area contributed by atoms with E-state index in [1.165, 1.54) is 31.5 Å². The van der Waals surface area contributed by atoms with Gasteiger partial charge >= 0.3 is 0 Å². The Kier molecular flexibility index (Phi) is 6.89. The molecule has 3 fully saturated rings. The molecule has 0 spiro atoms. The van der Waals surface area contributed by atoms with Crippen LogP contribution in [0.1, 0.15) is 44.1 Å². The molecule has 3 heterocycles. The van der Waals surface area contributed by atoms with Crippen molar-refractivity contribution in [2.24, 2.45) is 0 Å². The fraction of sp³-hybridized carbons (Fsp3) is 0.739. The van der Waals surface area contributed by atoms with Crippen molar-refractivity contribution in [3.8, 4) is 5.75 Å². The van der Waals surface area contributed by atoms with E-state index in [2.05, 4.69) is 34.1 Å². The van der Waals surface area contributed by atoms with E-state index >= 15 is 0 Å². The highest BCUT2D eigenvalue weighted by molar-refractivity contribution is 5.33. The van der Waals surface area contributed by atoms with Crippen molar-refractivity contribution in [2.45, 2.75) is 50.0 Å². The summed E-state index contributed by atoms with van der Waals surface area (Å²) >= 11 is 0. The summed E-state index contributed by atoms with van der Waals surface area (Å²) in [5.41, 5.74) is 1.53. The molecule has 28 heavy (non-hydrogen) atoms. The molecule has 0 bridgehead atoms. The van der Waals surface area contributed by atoms with Gasteiger partial charge in [0.05, 0.1) is 12.7 Å². The van der Waals surface area contributed by atoms with Gasteiger partial charge in [0.2, 0.25) is 0 Å². The van der Waals surface area contributed by atoms with Crippen LogP contribution in [0.25, 0.3) is 0 Å². The maximum atomic E-state index is 9.91. The first-order valence-corrected chi connectivity index (χ1v) is 11.2. The van der Waals surface area contributed by atoms with E-state index < -0.39 is 0 Å². The van der Waals surface area contributed by atoms with Crippen LogP contribution in [0.15, 0.2) is 24.3 Å². The largest absolute Gasteiger partial charge is 0.494 e. The molecule has 1 unspecified atom stereocenters. The summed E-state index contributed by atoms with van der Waals surface area (Å²) < 4.78 is 11.7. The number of rotatable bonds is 8. The monoisotopic (exact) mass is 388 g/mol. The van der Waals surface area contributed by atoms with Gasteiger partial charge in [-0.05, 0) is 69.3 Å². The van der Waals surface area contributed by atoms with E-state index in [1.54, 1.807) is 0 Å². The van der Waals surface area contributed by atoms with Crippen molar-refractivity contribution in [3.05, 3.63) is 29.8 Å². The Morgan fingerprint density at radius 2 is 1.79 bits per heavy atom. The first-order chi connectivity index (χ1) is 13.7. The first-order valence-electron chi connectivity index (χ1n) is 11.2. The van der Waals surface area contributed by atoms with E-state index in [1.807, 2.05) is 0 Å². The third-order valence-electron chi connectivity index (χ3n) is 6.78. The van der Waals surface area contributed by atoms with Crippen LogP contribution in [-0.4, -0.2) is 80.1 Å². The van der Waals surface area contributed by atoms with E-state index in [0.717, 1.165) is 77.4 Å². The molecule has 0 saturated carbocycles. The Labute approximate surface area is 169 Å². The predicted molar refractivity (Wildman–Crippen MR) is 111 cm³/mol. The first kappa shape index (κ1) is 20.1. The van der Waals surface area contributed by atoms with Gasteiger partial charge in [0, 0.05) is 44.8 Å². The molecule has 3 saturated heterocycles. The zero-order valence-electron chi connectivity index (χ0n) is 17.2. The summed E-state index contributed by atoms with van der Waals surface area (Å²) in [5.74, 6) is 0.976. The van der Waals surface area contributed by atoms with Crippen molar-refractivity contribution in [1.82, 2.24) is 9.80 Å². The van der Waals surface area contributed by atoms with Crippen LogP contribution in [0.4, 0.5) is 0 Å². The molecule has 0 aliphatic carbocycles. The normalized spacial score (nSPS) is 26.0. The molecular formula is C23H36N2O3. The lowest BCUT2D eigenvalue weighted by Gasteiger charge is -2.40. The van der Waals surface area contributed by atoms with Crippen LogP contribution < -0.4 is 4.74 Å². The number of likely N-dealkylation sites (tertiary alicyclic amines) is 2. The van der Waals surface area contributed by atoms with E-state index in [0.29, 0.717) is 0 Å². The second-order valence-corrected chi connectivity index (χ2v) is 8.85. The van der Waals surface area contributed by atoms with Gasteiger partial charge in [-0.15, -0.1) is 0 Å². The maximum absolute atomic E-state index is 9.91. The predicted octanol–water partition coefficient (Wildman–Crippen LogP) is 2.67. The average molecular weight is 389 g/mol. The van der Waals surface area contributed by atoms with E-state index in [9.17, 15) is 5.11 Å². The van der Waals surface area contributed by atoms with Gasteiger partial charge < -0.3 is 19.5 Å². The molecule has 5 nitrogen and oxygen atoms in total. The average Bonchev–Trinajstić information content (AvgIpc) is 3.38. The van der Waals surface area contributed by atoms with Gasteiger partial charge in [0.15, 0.2) is 0 Å². The number of aliphatic hydroxyl groups is 1. The third kappa shape index (κ3) is 5.07. The summed E-state index contributed by atoms with van der Waals surface area (Å²) in [7, 11) is 0. The van der Waals surface area contributed by atoms with Crippen molar-refractivity contribution in [1.29, 1.82) is 0 Å². The van der Waals surface area contributed by atoms with Crippen LogP contribution >= 0.6 is 0 Å². The number of hydrogen-bond donors (Lipinski definition) is 1. The van der Waals surface area contributed by atoms with Crippen molar-refractivity contribution >= 4 is 0 Å². The van der Waals surface area contributed by atoms with Crippen LogP contribution in [0, 0.1) is 0 Å². The lowest BCUT2D eigenvalue weighted by Crippen LogP contribution is -2.44. The molecule has 1 N–H and O–H groups in total. The molecule has 1 aromatic rings. The highest BCUT2D eigenvalue weighted by Gasteiger charge is 2.37. The van der Waals surface area contributed by atoms with Crippen molar-refractivity contribution < 1.29 is 14.6 Å². The molecule has 3 aliphatic heterocycles. The minimum absolute atomic E-state index is 0.136. The van der Waals surface area contributed by atoms with Crippen LogP contribution in [0.3, 0.4) is 0 Å². The third-order valence-corrected chi connectivity index (χ3v) is 6.78. The van der Waals surface area contributed by atoms with Crippen LogP contribution in [-0.2, 0) is 10.2 Å². The highest BCUT2D eigenvalue weighted by atomic mass is 16.5. The molecule has 4 rings (SSSR count). The van der Waals surface area contributed by atoms with Gasteiger partial charge in [-0.1, -0.05) is 12.1 Å². The number of β-amino-alcohol motifs (C(OH)–C–C–N with tert-alkyl or cyclic N) is 1. The fourth-order valence-corrected chi connectivity index (χ4v) is 5.07. The fourth-order valence-electron chi connectivity index (χ4n) is 5.07. The van der Waals surface area contributed by atoms with Gasteiger partial charge in [0.1, 0.15) is 5.75 Å². The maximum Gasteiger partial charge on any atom is 0.119 e. The van der Waals surface area contributed by atoms with Gasteiger partial charge in [-0.2, -0.15) is 0 Å². The molecule has 0 aromatic heterocycles. The molecular weight excluding hydrogens is 352 g/mol.